The summed E-state index contributed by atoms with van der Waals surface area (Å²) in [4.78, 5) is 28.0. The first-order valence-corrected chi connectivity index (χ1v) is 8.10. The maximum atomic E-state index is 12.6. The number of nitrogens with zero attached hydrogens (tertiary/aromatic N) is 2. The number of rotatable bonds is 2. The highest BCUT2D eigenvalue weighted by Gasteiger charge is 2.40. The van der Waals surface area contributed by atoms with Crippen LogP contribution in [0.4, 0.5) is 0 Å². The monoisotopic (exact) mass is 366 g/mol. The van der Waals surface area contributed by atoms with Crippen LogP contribution in [0.1, 0.15) is 23.2 Å². The average Bonchev–Trinajstić information content (AvgIpc) is 3.29. The van der Waals surface area contributed by atoms with Gasteiger partial charge >= 0.3 is 0 Å². The van der Waals surface area contributed by atoms with Gasteiger partial charge in [-0.05, 0) is 40.9 Å². The van der Waals surface area contributed by atoms with Gasteiger partial charge in [-0.15, -0.1) is 0 Å². The fourth-order valence-corrected chi connectivity index (χ4v) is 3.38. The van der Waals surface area contributed by atoms with Crippen molar-refractivity contribution < 1.29 is 19.1 Å². The third-order valence-electron chi connectivity index (χ3n) is 4.09. The van der Waals surface area contributed by atoms with Crippen LogP contribution in [-0.2, 0) is 4.79 Å². The van der Waals surface area contributed by atoms with Crippen molar-refractivity contribution in [2.45, 2.75) is 18.9 Å². The Morgan fingerprint density at radius 1 is 1.23 bits per heavy atom. The molecule has 1 aliphatic carbocycles. The van der Waals surface area contributed by atoms with Gasteiger partial charge in [0.05, 0.1) is 11.1 Å². The molecule has 2 aliphatic heterocycles. The quantitative estimate of drug-likeness (QED) is 0.797. The van der Waals surface area contributed by atoms with E-state index in [1.807, 2.05) is 0 Å². The molecule has 2 amide bonds. The Labute approximate surface area is 136 Å². The summed E-state index contributed by atoms with van der Waals surface area (Å²) in [6, 6.07) is 3.74. The second-order valence-electron chi connectivity index (χ2n) is 5.72. The SMILES string of the molecule is O=C(c1cc(Br)c2c(c1)OCCO2)N1CC(=O)N(C2CC2)C1. The first kappa shape index (κ1) is 13.9. The van der Waals surface area contributed by atoms with Gasteiger partial charge in [-0.3, -0.25) is 9.59 Å². The molecular formula is C15H15BrN2O4. The molecule has 2 heterocycles. The van der Waals surface area contributed by atoms with Crippen molar-refractivity contribution >= 4 is 27.7 Å². The highest BCUT2D eigenvalue weighted by Crippen LogP contribution is 2.39. The number of carbonyl (C=O) groups excluding carboxylic acids is 2. The van der Waals surface area contributed by atoms with Crippen molar-refractivity contribution in [3.05, 3.63) is 22.2 Å². The van der Waals surface area contributed by atoms with E-state index in [1.165, 1.54) is 0 Å². The molecule has 1 saturated heterocycles. The molecule has 3 aliphatic rings. The summed E-state index contributed by atoms with van der Waals surface area (Å²) < 4.78 is 11.8. The molecule has 1 saturated carbocycles. The number of hydrogen-bond acceptors (Lipinski definition) is 4. The van der Waals surface area contributed by atoms with Gasteiger partial charge in [0.15, 0.2) is 11.5 Å². The van der Waals surface area contributed by atoms with E-state index in [-0.39, 0.29) is 18.4 Å². The largest absolute Gasteiger partial charge is 0.486 e. The van der Waals surface area contributed by atoms with Gasteiger partial charge in [-0.25, -0.2) is 0 Å². The summed E-state index contributed by atoms with van der Waals surface area (Å²) in [5.41, 5.74) is 0.501. The van der Waals surface area contributed by atoms with Gasteiger partial charge in [0.2, 0.25) is 5.91 Å². The van der Waals surface area contributed by atoms with Crippen LogP contribution >= 0.6 is 15.9 Å². The predicted molar refractivity (Wildman–Crippen MR) is 80.9 cm³/mol. The Bertz CT molecular complexity index is 659. The fourth-order valence-electron chi connectivity index (χ4n) is 2.83. The summed E-state index contributed by atoms with van der Waals surface area (Å²) in [6.07, 6.45) is 2.09. The molecule has 116 valence electrons. The minimum absolute atomic E-state index is 0.0347. The van der Waals surface area contributed by atoms with Crippen molar-refractivity contribution in [3.8, 4) is 11.5 Å². The molecule has 0 radical (unpaired) electrons. The molecule has 1 aromatic carbocycles. The Morgan fingerprint density at radius 2 is 2.00 bits per heavy atom. The lowest BCUT2D eigenvalue weighted by Crippen LogP contribution is -2.32. The Morgan fingerprint density at radius 3 is 2.77 bits per heavy atom. The van der Waals surface area contributed by atoms with Crippen molar-refractivity contribution in [1.29, 1.82) is 0 Å². The second-order valence-corrected chi connectivity index (χ2v) is 6.58. The minimum atomic E-state index is -0.158. The molecule has 4 rings (SSSR count). The van der Waals surface area contributed by atoms with E-state index in [0.29, 0.717) is 47.5 Å². The van der Waals surface area contributed by atoms with Gasteiger partial charge < -0.3 is 19.3 Å². The van der Waals surface area contributed by atoms with Crippen LogP contribution in [0.3, 0.4) is 0 Å². The zero-order chi connectivity index (χ0) is 15.3. The van der Waals surface area contributed by atoms with Crippen LogP contribution in [0.15, 0.2) is 16.6 Å². The van der Waals surface area contributed by atoms with Crippen LogP contribution < -0.4 is 9.47 Å². The van der Waals surface area contributed by atoms with Crippen molar-refractivity contribution in [2.24, 2.45) is 0 Å². The lowest BCUT2D eigenvalue weighted by Gasteiger charge is -2.22. The number of ether oxygens (including phenoxy) is 2. The number of amides is 2. The molecule has 7 heteroatoms. The first-order valence-electron chi connectivity index (χ1n) is 7.31. The van der Waals surface area contributed by atoms with Crippen LogP contribution in [0, 0.1) is 0 Å². The van der Waals surface area contributed by atoms with E-state index in [2.05, 4.69) is 15.9 Å². The molecule has 0 N–H and O–H groups in total. The third-order valence-corrected chi connectivity index (χ3v) is 4.68. The van der Waals surface area contributed by atoms with Gasteiger partial charge in [-0.2, -0.15) is 0 Å². The van der Waals surface area contributed by atoms with E-state index in [0.717, 1.165) is 12.8 Å². The highest BCUT2D eigenvalue weighted by atomic mass is 79.9. The van der Waals surface area contributed by atoms with E-state index < -0.39 is 0 Å². The fraction of sp³-hybridized carbons (Fsp3) is 0.467. The Balaban J connectivity index is 1.58. The lowest BCUT2D eigenvalue weighted by atomic mass is 10.1. The second kappa shape index (κ2) is 5.15. The average molecular weight is 367 g/mol. The van der Waals surface area contributed by atoms with Gasteiger partial charge in [0.25, 0.3) is 5.91 Å². The van der Waals surface area contributed by atoms with Crippen LogP contribution in [0.2, 0.25) is 0 Å². The molecule has 0 spiro atoms. The number of halogens is 1. The first-order chi connectivity index (χ1) is 10.6. The normalized spacial score (nSPS) is 20.5. The molecule has 0 atom stereocenters. The summed E-state index contributed by atoms with van der Waals surface area (Å²) in [6.45, 7) is 1.50. The molecule has 2 fully saturated rings. The van der Waals surface area contributed by atoms with E-state index in [4.69, 9.17) is 9.47 Å². The van der Waals surface area contributed by atoms with Gasteiger partial charge in [0.1, 0.15) is 19.8 Å². The van der Waals surface area contributed by atoms with E-state index >= 15 is 0 Å². The zero-order valence-corrected chi connectivity index (χ0v) is 13.5. The molecule has 0 unspecified atom stereocenters. The number of fused-ring (bicyclic) bond motifs is 1. The van der Waals surface area contributed by atoms with Crippen LogP contribution in [-0.4, -0.2) is 54.1 Å². The van der Waals surface area contributed by atoms with Crippen molar-refractivity contribution in [2.75, 3.05) is 26.4 Å². The van der Waals surface area contributed by atoms with Crippen molar-refractivity contribution in [3.63, 3.8) is 0 Å². The van der Waals surface area contributed by atoms with Gasteiger partial charge in [0, 0.05) is 11.6 Å². The molecule has 1 aromatic rings. The minimum Gasteiger partial charge on any atom is -0.486 e. The topological polar surface area (TPSA) is 59.1 Å². The zero-order valence-electron chi connectivity index (χ0n) is 11.9. The summed E-state index contributed by atoms with van der Waals surface area (Å²) in [5.74, 6) is 1.06. The third kappa shape index (κ3) is 2.33. The lowest BCUT2D eigenvalue weighted by molar-refractivity contribution is -0.127. The van der Waals surface area contributed by atoms with Crippen LogP contribution in [0.25, 0.3) is 0 Å². The molecule has 22 heavy (non-hydrogen) atoms. The van der Waals surface area contributed by atoms with E-state index in [1.54, 1.807) is 21.9 Å². The molecule has 0 aromatic heterocycles. The predicted octanol–water partition coefficient (Wildman–Crippen LogP) is 1.62. The Hall–Kier alpha value is -1.76. The van der Waals surface area contributed by atoms with Gasteiger partial charge in [-0.1, -0.05) is 0 Å². The Kier molecular flexibility index (Phi) is 3.25. The standard InChI is InChI=1S/C15H15BrN2O4/c16-11-5-9(6-12-14(11)22-4-3-21-12)15(20)17-7-13(19)18(8-17)10-1-2-10/h5-6,10H,1-4,7-8H2. The molecule has 6 nitrogen and oxygen atoms in total. The molecular weight excluding hydrogens is 352 g/mol. The number of carbonyl (C=O) groups is 2. The van der Waals surface area contributed by atoms with Crippen molar-refractivity contribution in [1.82, 2.24) is 9.80 Å². The smallest absolute Gasteiger partial charge is 0.255 e. The molecule has 0 bridgehead atoms. The number of hydrogen-bond donors (Lipinski definition) is 0. The highest BCUT2D eigenvalue weighted by molar-refractivity contribution is 9.10. The summed E-state index contributed by atoms with van der Waals surface area (Å²) >= 11 is 3.41. The summed E-state index contributed by atoms with van der Waals surface area (Å²) in [7, 11) is 0. The maximum absolute atomic E-state index is 12.6. The van der Waals surface area contributed by atoms with E-state index in [9.17, 15) is 9.59 Å². The van der Waals surface area contributed by atoms with Crippen LogP contribution in [0.5, 0.6) is 11.5 Å². The number of benzene rings is 1. The maximum Gasteiger partial charge on any atom is 0.255 e. The summed E-state index contributed by atoms with van der Waals surface area (Å²) in [5, 5.41) is 0.